The highest BCUT2D eigenvalue weighted by atomic mass is 32.1. The minimum atomic E-state index is -0.572. The molecule has 0 bridgehead atoms. The van der Waals surface area contributed by atoms with E-state index in [1.165, 1.54) is 11.3 Å². The number of ether oxygens (including phenoxy) is 1. The summed E-state index contributed by atoms with van der Waals surface area (Å²) >= 11 is 1.19. The third-order valence-electron chi connectivity index (χ3n) is 3.94. The van der Waals surface area contributed by atoms with Crippen LogP contribution in [0, 0.1) is 0 Å². The standard InChI is InChI=1S/C19H20N2O3S/c1-3-16(24-14-8-6-5-7-9-14)18(22)20-13-10-11-15-17(12-13)25-19(23)21(15)4-2/h5-12,16H,3-4H2,1-2H3,(H,20,22)/t16-/m0/s1. The number of nitrogens with one attached hydrogen (secondary N) is 1. The third-order valence-corrected chi connectivity index (χ3v) is 4.88. The van der Waals surface area contributed by atoms with Crippen LogP contribution in [-0.4, -0.2) is 16.6 Å². The van der Waals surface area contributed by atoms with Gasteiger partial charge in [-0.05, 0) is 43.7 Å². The maximum absolute atomic E-state index is 12.5. The number of fused-ring (bicyclic) bond motifs is 1. The van der Waals surface area contributed by atoms with Crippen LogP contribution in [0.5, 0.6) is 5.75 Å². The normalized spacial score (nSPS) is 12.1. The second-order valence-electron chi connectivity index (χ2n) is 5.61. The number of carbonyl (C=O) groups excluding carboxylic acids is 1. The predicted octanol–water partition coefficient (Wildman–Crippen LogP) is 3.88. The largest absolute Gasteiger partial charge is 0.481 e. The number of anilines is 1. The van der Waals surface area contributed by atoms with E-state index < -0.39 is 6.10 Å². The Balaban J connectivity index is 1.77. The number of benzene rings is 2. The van der Waals surface area contributed by atoms with Gasteiger partial charge in [0.25, 0.3) is 5.91 Å². The molecule has 3 aromatic rings. The van der Waals surface area contributed by atoms with E-state index in [0.29, 0.717) is 24.4 Å². The lowest BCUT2D eigenvalue weighted by Crippen LogP contribution is -2.32. The van der Waals surface area contributed by atoms with Crippen LogP contribution in [0.15, 0.2) is 53.3 Å². The molecule has 0 aliphatic carbocycles. The maximum Gasteiger partial charge on any atom is 0.308 e. The minimum absolute atomic E-state index is 0.0137. The van der Waals surface area contributed by atoms with Gasteiger partial charge in [0, 0.05) is 12.2 Å². The summed E-state index contributed by atoms with van der Waals surface area (Å²) < 4.78 is 8.35. The number of hydrogen-bond acceptors (Lipinski definition) is 4. The quantitative estimate of drug-likeness (QED) is 0.729. The Kier molecular flexibility index (Phi) is 5.19. The zero-order chi connectivity index (χ0) is 17.8. The summed E-state index contributed by atoms with van der Waals surface area (Å²) in [6.45, 7) is 4.48. The van der Waals surface area contributed by atoms with Gasteiger partial charge >= 0.3 is 4.87 Å². The van der Waals surface area contributed by atoms with Gasteiger partial charge in [0.1, 0.15) is 5.75 Å². The Labute approximate surface area is 149 Å². The summed E-state index contributed by atoms with van der Waals surface area (Å²) in [6.07, 6.45) is -0.0141. The smallest absolute Gasteiger partial charge is 0.308 e. The molecule has 1 aromatic heterocycles. The summed E-state index contributed by atoms with van der Waals surface area (Å²) in [6, 6.07) is 14.8. The van der Waals surface area contributed by atoms with Gasteiger partial charge in [0.05, 0.1) is 10.2 Å². The number of aryl methyl sites for hydroxylation is 1. The number of nitrogens with zero attached hydrogens (tertiary/aromatic N) is 1. The molecule has 0 fully saturated rings. The summed E-state index contributed by atoms with van der Waals surface area (Å²) in [4.78, 5) is 24.5. The average molecular weight is 356 g/mol. The van der Waals surface area contributed by atoms with Gasteiger partial charge in [-0.25, -0.2) is 0 Å². The molecule has 0 aliphatic heterocycles. The van der Waals surface area contributed by atoms with Crippen molar-refractivity contribution in [3.63, 3.8) is 0 Å². The molecule has 6 heteroatoms. The van der Waals surface area contributed by atoms with Gasteiger partial charge in [0.2, 0.25) is 0 Å². The average Bonchev–Trinajstić information content (AvgIpc) is 2.94. The fourth-order valence-electron chi connectivity index (χ4n) is 2.65. The number of thiazole rings is 1. The molecule has 0 saturated carbocycles. The van der Waals surface area contributed by atoms with Crippen molar-refractivity contribution >= 4 is 33.1 Å². The van der Waals surface area contributed by atoms with Crippen LogP contribution >= 0.6 is 11.3 Å². The molecule has 5 nitrogen and oxygen atoms in total. The Morgan fingerprint density at radius 3 is 2.64 bits per heavy atom. The number of aromatic nitrogens is 1. The molecule has 3 rings (SSSR count). The van der Waals surface area contributed by atoms with Crippen LogP contribution in [0.4, 0.5) is 5.69 Å². The van der Waals surface area contributed by atoms with Crippen molar-refractivity contribution in [2.24, 2.45) is 0 Å². The van der Waals surface area contributed by atoms with Crippen molar-refractivity contribution in [1.82, 2.24) is 4.57 Å². The third kappa shape index (κ3) is 3.74. The molecule has 1 heterocycles. The van der Waals surface area contributed by atoms with Crippen molar-refractivity contribution in [3.05, 3.63) is 58.2 Å². The second-order valence-corrected chi connectivity index (χ2v) is 6.60. The molecule has 0 aliphatic rings. The molecule has 2 aromatic carbocycles. The fraction of sp³-hybridized carbons (Fsp3) is 0.263. The molecular weight excluding hydrogens is 336 g/mol. The van der Waals surface area contributed by atoms with E-state index in [1.54, 1.807) is 4.57 Å². The summed E-state index contributed by atoms with van der Waals surface area (Å²) in [7, 11) is 0. The molecule has 25 heavy (non-hydrogen) atoms. The van der Waals surface area contributed by atoms with Crippen LogP contribution in [0.1, 0.15) is 20.3 Å². The number of hydrogen-bond donors (Lipinski definition) is 1. The van der Waals surface area contributed by atoms with Gasteiger partial charge in [-0.2, -0.15) is 0 Å². The summed E-state index contributed by atoms with van der Waals surface area (Å²) in [5, 5.41) is 2.88. The van der Waals surface area contributed by atoms with E-state index >= 15 is 0 Å². The van der Waals surface area contributed by atoms with E-state index in [2.05, 4.69) is 5.32 Å². The SMILES string of the molecule is CC[C@H](Oc1ccccc1)C(=O)Nc1ccc2c(c1)sc(=O)n2CC. The molecule has 1 N–H and O–H groups in total. The number of carbonyl (C=O) groups is 1. The molecule has 0 spiro atoms. The highest BCUT2D eigenvalue weighted by Crippen LogP contribution is 2.22. The van der Waals surface area contributed by atoms with Crippen LogP contribution in [-0.2, 0) is 11.3 Å². The molecule has 1 atom stereocenters. The second kappa shape index (κ2) is 7.53. The van der Waals surface area contributed by atoms with Gasteiger partial charge < -0.3 is 10.1 Å². The first kappa shape index (κ1) is 17.2. The van der Waals surface area contributed by atoms with Gasteiger partial charge in [-0.15, -0.1) is 0 Å². The van der Waals surface area contributed by atoms with E-state index in [4.69, 9.17) is 4.74 Å². The molecule has 0 radical (unpaired) electrons. The molecule has 0 saturated heterocycles. The van der Waals surface area contributed by atoms with E-state index in [9.17, 15) is 9.59 Å². The van der Waals surface area contributed by atoms with E-state index in [1.807, 2.05) is 62.4 Å². The highest BCUT2D eigenvalue weighted by molar-refractivity contribution is 7.16. The summed E-state index contributed by atoms with van der Waals surface area (Å²) in [5.41, 5.74) is 1.56. The topological polar surface area (TPSA) is 60.3 Å². The zero-order valence-electron chi connectivity index (χ0n) is 14.2. The van der Waals surface area contributed by atoms with Crippen molar-refractivity contribution in [2.75, 3.05) is 5.32 Å². The van der Waals surface area contributed by atoms with Crippen molar-refractivity contribution in [2.45, 2.75) is 32.9 Å². The first-order chi connectivity index (χ1) is 12.1. The lowest BCUT2D eigenvalue weighted by Gasteiger charge is -2.17. The number of para-hydroxylation sites is 1. The highest BCUT2D eigenvalue weighted by Gasteiger charge is 2.19. The Morgan fingerprint density at radius 2 is 1.96 bits per heavy atom. The van der Waals surface area contributed by atoms with Crippen molar-refractivity contribution in [3.8, 4) is 5.75 Å². The minimum Gasteiger partial charge on any atom is -0.481 e. The Morgan fingerprint density at radius 1 is 1.20 bits per heavy atom. The Hall–Kier alpha value is -2.60. The lowest BCUT2D eigenvalue weighted by molar-refractivity contribution is -0.122. The van der Waals surface area contributed by atoms with Crippen molar-refractivity contribution < 1.29 is 9.53 Å². The van der Waals surface area contributed by atoms with Gasteiger partial charge in [-0.3, -0.25) is 14.2 Å². The van der Waals surface area contributed by atoms with E-state index in [-0.39, 0.29) is 10.8 Å². The lowest BCUT2D eigenvalue weighted by atomic mass is 10.2. The first-order valence-electron chi connectivity index (χ1n) is 8.28. The Bertz CT molecular complexity index is 931. The van der Waals surface area contributed by atoms with Crippen LogP contribution in [0.2, 0.25) is 0 Å². The predicted molar refractivity (Wildman–Crippen MR) is 102 cm³/mol. The number of amides is 1. The van der Waals surface area contributed by atoms with E-state index in [0.717, 1.165) is 10.2 Å². The molecule has 130 valence electrons. The molecule has 1 amide bonds. The first-order valence-corrected chi connectivity index (χ1v) is 9.10. The fourth-order valence-corrected chi connectivity index (χ4v) is 3.65. The van der Waals surface area contributed by atoms with Crippen molar-refractivity contribution in [1.29, 1.82) is 0 Å². The monoisotopic (exact) mass is 356 g/mol. The van der Waals surface area contributed by atoms with Crippen LogP contribution in [0.3, 0.4) is 0 Å². The van der Waals surface area contributed by atoms with Gasteiger partial charge in [0.15, 0.2) is 6.10 Å². The van der Waals surface area contributed by atoms with Gasteiger partial charge in [-0.1, -0.05) is 36.5 Å². The molecule has 0 unspecified atom stereocenters. The van der Waals surface area contributed by atoms with Crippen LogP contribution in [0.25, 0.3) is 10.2 Å². The molecular formula is C19H20N2O3S. The zero-order valence-corrected chi connectivity index (χ0v) is 15.0. The maximum atomic E-state index is 12.5. The van der Waals surface area contributed by atoms with Crippen LogP contribution < -0.4 is 14.9 Å². The summed E-state index contributed by atoms with van der Waals surface area (Å²) in [5.74, 6) is 0.464. The number of rotatable bonds is 6.